The first-order valence-electron chi connectivity index (χ1n) is 8.17. The molecule has 0 saturated heterocycles. The van der Waals surface area contributed by atoms with Crippen LogP contribution in [0.2, 0.25) is 0 Å². The third-order valence-corrected chi connectivity index (χ3v) is 4.25. The lowest BCUT2D eigenvalue weighted by Crippen LogP contribution is -2.25. The van der Waals surface area contributed by atoms with Gasteiger partial charge >= 0.3 is 5.97 Å². The molecule has 1 aromatic rings. The van der Waals surface area contributed by atoms with Crippen molar-refractivity contribution >= 4 is 5.97 Å². The van der Waals surface area contributed by atoms with E-state index in [0.717, 1.165) is 31.4 Å². The van der Waals surface area contributed by atoms with Gasteiger partial charge in [0.2, 0.25) is 0 Å². The van der Waals surface area contributed by atoms with Gasteiger partial charge in [-0.3, -0.25) is 0 Å². The third kappa shape index (κ3) is 3.63. The van der Waals surface area contributed by atoms with Crippen LogP contribution in [0.25, 0.3) is 0 Å². The van der Waals surface area contributed by atoms with E-state index in [4.69, 9.17) is 4.74 Å². The first-order valence-corrected chi connectivity index (χ1v) is 8.17. The quantitative estimate of drug-likeness (QED) is 0.781. The number of hydrogen-bond donors (Lipinski definition) is 0. The van der Waals surface area contributed by atoms with Gasteiger partial charge in [-0.1, -0.05) is 32.4 Å². The summed E-state index contributed by atoms with van der Waals surface area (Å²) in [7, 11) is 0. The van der Waals surface area contributed by atoms with Gasteiger partial charge in [0.15, 0.2) is 5.69 Å². The number of nitrogens with zero attached hydrogens (tertiary/aromatic N) is 3. The minimum absolute atomic E-state index is 0.343. The number of carbonyl (C=O) groups is 1. The van der Waals surface area contributed by atoms with Crippen molar-refractivity contribution in [3.05, 3.63) is 11.4 Å². The van der Waals surface area contributed by atoms with Crippen LogP contribution in [0.4, 0.5) is 0 Å². The highest BCUT2D eigenvalue weighted by atomic mass is 16.5. The molecule has 21 heavy (non-hydrogen) atoms. The number of esters is 1. The van der Waals surface area contributed by atoms with E-state index in [1.54, 1.807) is 0 Å². The molecule has 5 nitrogen and oxygen atoms in total. The first-order chi connectivity index (χ1) is 10.1. The summed E-state index contributed by atoms with van der Waals surface area (Å²) in [6.45, 7) is 8.89. The van der Waals surface area contributed by atoms with E-state index < -0.39 is 0 Å². The van der Waals surface area contributed by atoms with Crippen molar-refractivity contribution in [2.45, 2.75) is 65.8 Å². The van der Waals surface area contributed by atoms with Crippen LogP contribution in [0.5, 0.6) is 0 Å². The lowest BCUT2D eigenvalue weighted by Gasteiger charge is -2.32. The van der Waals surface area contributed by atoms with Crippen LogP contribution in [0.15, 0.2) is 0 Å². The molecule has 1 heterocycles. The Labute approximate surface area is 127 Å². The summed E-state index contributed by atoms with van der Waals surface area (Å²) in [4.78, 5) is 12.0. The molecule has 0 spiro atoms. The summed E-state index contributed by atoms with van der Waals surface area (Å²) in [5.74, 6) is 1.05. The number of carbonyl (C=O) groups excluding carboxylic acids is 1. The molecule has 2 unspecified atom stereocenters. The lowest BCUT2D eigenvalue weighted by molar-refractivity contribution is 0.0518. The van der Waals surface area contributed by atoms with Crippen LogP contribution in [0.1, 0.15) is 75.6 Å². The maximum atomic E-state index is 12.0. The van der Waals surface area contributed by atoms with Crippen molar-refractivity contribution in [2.75, 3.05) is 6.61 Å². The molecule has 1 aliphatic rings. The monoisotopic (exact) mass is 293 g/mol. The van der Waals surface area contributed by atoms with Crippen molar-refractivity contribution in [3.63, 3.8) is 0 Å². The molecular weight excluding hydrogens is 266 g/mol. The van der Waals surface area contributed by atoms with Crippen LogP contribution in [-0.2, 0) is 11.2 Å². The van der Waals surface area contributed by atoms with Gasteiger partial charge in [-0.2, -0.15) is 0 Å². The molecule has 0 N–H and O–H groups in total. The predicted octanol–water partition coefficient (Wildman–Crippen LogP) is 3.40. The number of hydrogen-bond acceptors (Lipinski definition) is 4. The summed E-state index contributed by atoms with van der Waals surface area (Å²) in [5, 5.41) is 8.41. The van der Waals surface area contributed by atoms with E-state index in [9.17, 15) is 4.79 Å². The molecule has 2 atom stereocenters. The largest absolute Gasteiger partial charge is 0.461 e. The Morgan fingerprint density at radius 2 is 1.90 bits per heavy atom. The van der Waals surface area contributed by atoms with Gasteiger partial charge in [-0.25, -0.2) is 9.48 Å². The molecule has 1 aliphatic carbocycles. The van der Waals surface area contributed by atoms with Crippen molar-refractivity contribution in [2.24, 2.45) is 11.8 Å². The molecule has 0 aromatic carbocycles. The van der Waals surface area contributed by atoms with Gasteiger partial charge in [0.25, 0.3) is 0 Å². The minimum Gasteiger partial charge on any atom is -0.461 e. The molecule has 2 rings (SSSR count). The molecule has 0 aliphatic heterocycles. The summed E-state index contributed by atoms with van der Waals surface area (Å²) in [6.07, 6.45) is 5.30. The second-order valence-electron chi connectivity index (χ2n) is 6.37. The highest BCUT2D eigenvalue weighted by molar-refractivity contribution is 5.88. The van der Waals surface area contributed by atoms with Gasteiger partial charge < -0.3 is 4.74 Å². The van der Waals surface area contributed by atoms with E-state index in [0.29, 0.717) is 30.2 Å². The molecule has 1 aromatic heterocycles. The first kappa shape index (κ1) is 16.0. The zero-order valence-corrected chi connectivity index (χ0v) is 13.6. The third-order valence-electron chi connectivity index (χ3n) is 4.25. The molecule has 0 amide bonds. The zero-order chi connectivity index (χ0) is 15.4. The van der Waals surface area contributed by atoms with E-state index in [1.807, 2.05) is 11.6 Å². The topological polar surface area (TPSA) is 57.0 Å². The van der Waals surface area contributed by atoms with E-state index in [1.165, 1.54) is 6.42 Å². The predicted molar refractivity (Wildman–Crippen MR) is 81.2 cm³/mol. The summed E-state index contributed by atoms with van der Waals surface area (Å²) < 4.78 is 7.10. The average molecular weight is 293 g/mol. The molecule has 5 heteroatoms. The zero-order valence-electron chi connectivity index (χ0n) is 13.6. The van der Waals surface area contributed by atoms with Gasteiger partial charge in [0, 0.05) is 0 Å². The summed E-state index contributed by atoms with van der Waals surface area (Å²) >= 11 is 0. The summed E-state index contributed by atoms with van der Waals surface area (Å²) in [5.41, 5.74) is 1.35. The van der Waals surface area contributed by atoms with Gasteiger partial charge in [0.05, 0.1) is 18.3 Å². The van der Waals surface area contributed by atoms with Gasteiger partial charge in [-0.05, 0) is 44.4 Å². The van der Waals surface area contributed by atoms with Crippen LogP contribution in [0.3, 0.4) is 0 Å². The smallest absolute Gasteiger partial charge is 0.360 e. The molecular formula is C16H27N3O2. The summed E-state index contributed by atoms with van der Waals surface area (Å²) in [6, 6.07) is 0.362. The van der Waals surface area contributed by atoms with Gasteiger partial charge in [0.1, 0.15) is 0 Å². The molecule has 0 radical (unpaired) electrons. The Balaban J connectivity index is 2.28. The fourth-order valence-corrected chi connectivity index (χ4v) is 3.54. The van der Waals surface area contributed by atoms with Crippen LogP contribution in [0, 0.1) is 11.8 Å². The average Bonchev–Trinajstić information content (AvgIpc) is 2.82. The Bertz CT molecular complexity index is 474. The lowest BCUT2D eigenvalue weighted by atomic mass is 9.80. The molecule has 1 saturated carbocycles. The Kier molecular flexibility index (Phi) is 5.37. The van der Waals surface area contributed by atoms with Crippen LogP contribution < -0.4 is 0 Å². The highest BCUT2D eigenvalue weighted by Crippen LogP contribution is 2.36. The highest BCUT2D eigenvalue weighted by Gasteiger charge is 2.30. The number of aromatic nitrogens is 3. The molecule has 118 valence electrons. The second kappa shape index (κ2) is 7.05. The van der Waals surface area contributed by atoms with Crippen molar-refractivity contribution in [1.29, 1.82) is 0 Å². The van der Waals surface area contributed by atoms with Crippen molar-refractivity contribution < 1.29 is 9.53 Å². The number of rotatable bonds is 5. The maximum absolute atomic E-state index is 12.0. The molecule has 1 fully saturated rings. The van der Waals surface area contributed by atoms with Gasteiger partial charge in [-0.15, -0.1) is 5.10 Å². The SMILES string of the molecule is CCCc1c(C(=O)OCC)nnn1C1CC(C)CC(C)C1. The standard InChI is InChI=1S/C16H27N3O2/c1-5-7-14-15(16(20)21-6-2)17-18-19(14)13-9-11(3)8-12(4)10-13/h11-13H,5-10H2,1-4H3. The Hall–Kier alpha value is -1.39. The van der Waals surface area contributed by atoms with E-state index >= 15 is 0 Å². The normalized spacial score (nSPS) is 25.8. The fraction of sp³-hybridized carbons (Fsp3) is 0.812. The van der Waals surface area contributed by atoms with Crippen molar-refractivity contribution in [3.8, 4) is 0 Å². The molecule has 0 bridgehead atoms. The fourth-order valence-electron chi connectivity index (χ4n) is 3.54. The Morgan fingerprint density at radius 1 is 1.24 bits per heavy atom. The van der Waals surface area contributed by atoms with Crippen LogP contribution >= 0.6 is 0 Å². The number of ether oxygens (including phenoxy) is 1. The van der Waals surface area contributed by atoms with E-state index in [-0.39, 0.29) is 5.97 Å². The Morgan fingerprint density at radius 3 is 2.48 bits per heavy atom. The second-order valence-corrected chi connectivity index (χ2v) is 6.37. The van der Waals surface area contributed by atoms with E-state index in [2.05, 4.69) is 31.1 Å². The maximum Gasteiger partial charge on any atom is 0.360 e. The minimum atomic E-state index is -0.343. The van der Waals surface area contributed by atoms with Crippen molar-refractivity contribution in [1.82, 2.24) is 15.0 Å². The van der Waals surface area contributed by atoms with Crippen LogP contribution in [-0.4, -0.2) is 27.6 Å².